The Morgan fingerprint density at radius 3 is 2.42 bits per heavy atom. The Labute approximate surface area is 139 Å². The van der Waals surface area contributed by atoms with Crippen LogP contribution in [0, 0.1) is 0 Å². The van der Waals surface area contributed by atoms with Gasteiger partial charge in [-0.2, -0.15) is 0 Å². The van der Waals surface area contributed by atoms with Crippen LogP contribution in [0.15, 0.2) is 24.3 Å². The van der Waals surface area contributed by atoms with Gasteiger partial charge in [0.2, 0.25) is 0 Å². The number of nitrogens with one attached hydrogen (secondary N) is 2. The molecule has 2 N–H and O–H groups in total. The first-order valence-corrected chi connectivity index (χ1v) is 7.16. The van der Waals surface area contributed by atoms with E-state index >= 15 is 0 Å². The van der Waals surface area contributed by atoms with Crippen molar-refractivity contribution < 1.29 is 28.7 Å². The van der Waals surface area contributed by atoms with Gasteiger partial charge in [-0.25, -0.2) is 9.59 Å². The maximum absolute atomic E-state index is 11.5. The molecular weight excluding hydrogens is 316 g/mol. The zero-order chi connectivity index (χ0) is 18.2. The Morgan fingerprint density at radius 1 is 1.12 bits per heavy atom. The van der Waals surface area contributed by atoms with E-state index < -0.39 is 36.7 Å². The zero-order valence-corrected chi connectivity index (χ0v) is 13.8. The molecule has 0 saturated carbocycles. The number of carbonyl (C=O) groups excluding carboxylic acids is 4. The zero-order valence-electron chi connectivity index (χ0n) is 13.8. The van der Waals surface area contributed by atoms with Crippen LogP contribution in [-0.2, 0) is 14.3 Å². The van der Waals surface area contributed by atoms with Crippen molar-refractivity contribution in [1.29, 1.82) is 0 Å². The van der Waals surface area contributed by atoms with E-state index in [4.69, 9.17) is 4.74 Å². The quantitative estimate of drug-likeness (QED) is 0.593. The number of imide groups is 1. The van der Waals surface area contributed by atoms with E-state index in [0.29, 0.717) is 11.8 Å². The van der Waals surface area contributed by atoms with Crippen molar-refractivity contribution in [3.05, 3.63) is 29.8 Å². The van der Waals surface area contributed by atoms with Gasteiger partial charge in [-0.15, -0.1) is 0 Å². The molecule has 24 heavy (non-hydrogen) atoms. The summed E-state index contributed by atoms with van der Waals surface area (Å²) in [6, 6.07) is 5.69. The molecule has 3 amide bonds. The van der Waals surface area contributed by atoms with Crippen LogP contribution in [0.4, 0.5) is 4.79 Å². The molecule has 0 atom stereocenters. The lowest BCUT2D eigenvalue weighted by Gasteiger charge is -2.20. The van der Waals surface area contributed by atoms with E-state index in [9.17, 15) is 19.2 Å². The molecule has 0 aromatic heterocycles. The van der Waals surface area contributed by atoms with Crippen molar-refractivity contribution in [3.8, 4) is 5.75 Å². The molecule has 0 aliphatic heterocycles. The Balaban J connectivity index is 2.34. The average molecular weight is 336 g/mol. The second-order valence-corrected chi connectivity index (χ2v) is 5.86. The van der Waals surface area contributed by atoms with Gasteiger partial charge in [0.05, 0.1) is 5.56 Å². The minimum atomic E-state index is -0.804. The number of hydrogen-bond donors (Lipinski definition) is 2. The summed E-state index contributed by atoms with van der Waals surface area (Å²) < 4.78 is 9.84. The smallest absolute Gasteiger partial charge is 0.344 e. The highest BCUT2D eigenvalue weighted by atomic mass is 16.6. The van der Waals surface area contributed by atoms with Gasteiger partial charge < -0.3 is 14.8 Å². The summed E-state index contributed by atoms with van der Waals surface area (Å²) in [7, 11) is 0. The van der Waals surface area contributed by atoms with Gasteiger partial charge in [0.1, 0.15) is 5.75 Å². The first kappa shape index (κ1) is 19.1. The van der Waals surface area contributed by atoms with Crippen LogP contribution in [0.3, 0.4) is 0 Å². The van der Waals surface area contributed by atoms with Gasteiger partial charge in [0.25, 0.3) is 5.91 Å². The largest absolute Gasteiger partial charge is 0.481 e. The normalized spacial score (nSPS) is 10.5. The van der Waals surface area contributed by atoms with Crippen molar-refractivity contribution in [3.63, 3.8) is 0 Å². The number of esters is 1. The van der Waals surface area contributed by atoms with Crippen LogP contribution in [0.1, 0.15) is 31.1 Å². The Hall–Kier alpha value is -2.90. The Kier molecular flexibility index (Phi) is 6.91. The number of aldehydes is 1. The average Bonchev–Trinajstić information content (AvgIpc) is 2.49. The van der Waals surface area contributed by atoms with Gasteiger partial charge in [-0.3, -0.25) is 14.9 Å². The number of amides is 3. The highest BCUT2D eigenvalue weighted by molar-refractivity contribution is 5.95. The molecule has 0 aliphatic rings. The van der Waals surface area contributed by atoms with Crippen LogP contribution in [0.25, 0.3) is 0 Å². The monoisotopic (exact) mass is 336 g/mol. The van der Waals surface area contributed by atoms with Gasteiger partial charge >= 0.3 is 12.0 Å². The number of para-hydroxylation sites is 1. The number of ether oxygens (including phenoxy) is 2. The molecule has 0 saturated heterocycles. The van der Waals surface area contributed by atoms with Crippen LogP contribution in [0.2, 0.25) is 0 Å². The number of carbonyl (C=O) groups is 4. The third kappa shape index (κ3) is 7.39. The molecule has 1 aromatic rings. The number of hydrogen-bond acceptors (Lipinski definition) is 6. The van der Waals surface area contributed by atoms with Gasteiger partial charge in [0.15, 0.2) is 19.5 Å². The van der Waals surface area contributed by atoms with E-state index in [-0.39, 0.29) is 5.75 Å². The fourth-order valence-electron chi connectivity index (χ4n) is 1.57. The number of benzene rings is 1. The molecule has 8 nitrogen and oxygen atoms in total. The lowest BCUT2D eigenvalue weighted by Crippen LogP contribution is -2.49. The third-order valence-electron chi connectivity index (χ3n) is 2.50. The van der Waals surface area contributed by atoms with Crippen molar-refractivity contribution in [2.24, 2.45) is 0 Å². The summed E-state index contributed by atoms with van der Waals surface area (Å²) in [6.07, 6.45) is 0.599. The lowest BCUT2D eigenvalue weighted by molar-refractivity contribution is -0.150. The second-order valence-electron chi connectivity index (χ2n) is 5.86. The van der Waals surface area contributed by atoms with Crippen LogP contribution in [-0.4, -0.2) is 42.9 Å². The van der Waals surface area contributed by atoms with Crippen LogP contribution in [0.5, 0.6) is 5.75 Å². The Morgan fingerprint density at radius 2 is 1.79 bits per heavy atom. The predicted octanol–water partition coefficient (Wildman–Crippen LogP) is 1.05. The summed E-state index contributed by atoms with van der Waals surface area (Å²) in [5.41, 5.74) is -0.206. The molecule has 0 bridgehead atoms. The minimum absolute atomic E-state index is 0.235. The maximum atomic E-state index is 11.5. The van der Waals surface area contributed by atoms with Crippen molar-refractivity contribution >= 4 is 24.2 Å². The van der Waals surface area contributed by atoms with Crippen LogP contribution >= 0.6 is 0 Å². The third-order valence-corrected chi connectivity index (χ3v) is 2.50. The van der Waals surface area contributed by atoms with E-state index in [2.05, 4.69) is 10.1 Å². The minimum Gasteiger partial charge on any atom is -0.481 e. The topological polar surface area (TPSA) is 111 Å². The molecule has 8 heteroatoms. The lowest BCUT2D eigenvalue weighted by atomic mass is 10.1. The Bertz CT molecular complexity index is 621. The van der Waals surface area contributed by atoms with Gasteiger partial charge in [-0.1, -0.05) is 12.1 Å². The molecule has 0 unspecified atom stereocenters. The summed E-state index contributed by atoms with van der Waals surface area (Å²) in [5, 5.41) is 4.56. The highest BCUT2D eigenvalue weighted by Crippen LogP contribution is 2.15. The summed E-state index contributed by atoms with van der Waals surface area (Å²) >= 11 is 0. The fourth-order valence-corrected chi connectivity index (χ4v) is 1.57. The van der Waals surface area contributed by atoms with E-state index in [1.807, 2.05) is 5.32 Å². The molecule has 0 radical (unpaired) electrons. The summed E-state index contributed by atoms with van der Waals surface area (Å²) in [4.78, 5) is 45.3. The van der Waals surface area contributed by atoms with Crippen molar-refractivity contribution in [2.45, 2.75) is 26.3 Å². The molecule has 1 rings (SSSR count). The molecule has 0 fully saturated rings. The summed E-state index contributed by atoms with van der Waals surface area (Å²) in [5.74, 6) is -1.33. The molecular formula is C16H20N2O6. The SMILES string of the molecule is CC(C)(C)NC(=O)NC(=O)COC(=O)COc1ccccc1C=O. The number of rotatable bonds is 6. The first-order valence-electron chi connectivity index (χ1n) is 7.16. The van der Waals surface area contributed by atoms with E-state index in [1.54, 1.807) is 32.9 Å². The van der Waals surface area contributed by atoms with Crippen LogP contribution < -0.4 is 15.4 Å². The maximum Gasteiger partial charge on any atom is 0.344 e. The van der Waals surface area contributed by atoms with Gasteiger partial charge in [0, 0.05) is 5.54 Å². The first-order chi connectivity index (χ1) is 11.2. The molecule has 0 heterocycles. The molecule has 130 valence electrons. The van der Waals surface area contributed by atoms with E-state index in [0.717, 1.165) is 0 Å². The fraction of sp³-hybridized carbons (Fsp3) is 0.375. The molecule has 1 aromatic carbocycles. The summed E-state index contributed by atoms with van der Waals surface area (Å²) in [6.45, 7) is 4.18. The standard InChI is InChI=1S/C16H20N2O6/c1-16(2,3)18-15(22)17-13(20)9-24-14(21)10-23-12-7-5-4-6-11(12)8-19/h4-8H,9-10H2,1-3H3,(H2,17,18,20,22). The van der Waals surface area contributed by atoms with E-state index in [1.165, 1.54) is 12.1 Å². The predicted molar refractivity (Wildman–Crippen MR) is 84.7 cm³/mol. The number of urea groups is 1. The van der Waals surface area contributed by atoms with Crippen molar-refractivity contribution in [2.75, 3.05) is 13.2 Å². The van der Waals surface area contributed by atoms with Crippen molar-refractivity contribution in [1.82, 2.24) is 10.6 Å². The highest BCUT2D eigenvalue weighted by Gasteiger charge is 2.16. The molecule has 0 spiro atoms. The second kappa shape index (κ2) is 8.66. The van der Waals surface area contributed by atoms with Gasteiger partial charge in [-0.05, 0) is 32.9 Å². The molecule has 0 aliphatic carbocycles.